The van der Waals surface area contributed by atoms with E-state index in [1.807, 2.05) is 27.7 Å². The minimum atomic E-state index is -1.33. The predicted molar refractivity (Wildman–Crippen MR) is 129 cm³/mol. The van der Waals surface area contributed by atoms with Gasteiger partial charge in [0.15, 0.2) is 0 Å². The van der Waals surface area contributed by atoms with Gasteiger partial charge in [-0.15, -0.1) is 0 Å². The molecule has 0 aliphatic rings. The number of Topliss-reactive ketones (excluding diaryl/α,β-unsaturated/α-hetero) is 1. The maximum atomic E-state index is 13.2. The largest absolute Gasteiger partial charge is 0.491 e. The number of benzene rings is 1. The second-order valence-corrected chi connectivity index (χ2v) is 9.22. The number of ketones is 1. The summed E-state index contributed by atoms with van der Waals surface area (Å²) in [6, 6.07) is 5.63. The molecule has 0 spiro atoms. The number of unbranched alkanes of at least 4 members (excludes halogenated alkanes) is 1. The summed E-state index contributed by atoms with van der Waals surface area (Å²) >= 11 is 0. The van der Waals surface area contributed by atoms with Crippen molar-refractivity contribution in [3.05, 3.63) is 42.1 Å². The molecule has 0 unspecified atom stereocenters. The molecule has 2 atom stereocenters. The van der Waals surface area contributed by atoms with Gasteiger partial charge in [-0.2, -0.15) is 5.10 Å². The molecule has 2 aromatic rings. The first kappa shape index (κ1) is 27.4. The second kappa shape index (κ2) is 12.0. The van der Waals surface area contributed by atoms with E-state index in [0.717, 1.165) is 4.90 Å². The predicted octanol–water partition coefficient (Wildman–Crippen LogP) is 3.05. The van der Waals surface area contributed by atoms with Crippen molar-refractivity contribution in [1.82, 2.24) is 15.1 Å². The fraction of sp³-hybridized carbons (Fsp3) is 0.458. The Balaban J connectivity index is 2.33. The van der Waals surface area contributed by atoms with Crippen molar-refractivity contribution in [2.45, 2.75) is 59.0 Å². The number of aromatic amines is 1. The van der Waals surface area contributed by atoms with Crippen molar-refractivity contribution in [2.75, 3.05) is 11.9 Å². The van der Waals surface area contributed by atoms with Crippen LogP contribution in [0.1, 0.15) is 57.3 Å². The number of rotatable bonds is 12. The van der Waals surface area contributed by atoms with Gasteiger partial charge in [0.25, 0.3) is 5.91 Å². The summed E-state index contributed by atoms with van der Waals surface area (Å²) < 4.78 is 5.86. The van der Waals surface area contributed by atoms with E-state index in [9.17, 15) is 24.3 Å². The van der Waals surface area contributed by atoms with Crippen molar-refractivity contribution in [3.63, 3.8) is 0 Å². The molecule has 1 heterocycles. The molecule has 5 N–H and O–H groups in total. The first-order chi connectivity index (χ1) is 16.5. The molecule has 2 rings (SSSR count). The summed E-state index contributed by atoms with van der Waals surface area (Å²) in [6.07, 6.45) is 1.52. The lowest BCUT2D eigenvalue weighted by atomic mass is 9.84. The molecule has 11 heteroatoms. The summed E-state index contributed by atoms with van der Waals surface area (Å²) in [4.78, 5) is 50.7. The number of nitrogens with zero attached hydrogens (tertiary/aromatic N) is 2. The first-order valence-corrected chi connectivity index (χ1v) is 11.3. The van der Waals surface area contributed by atoms with E-state index in [1.54, 1.807) is 12.1 Å². The van der Waals surface area contributed by atoms with Crippen LogP contribution in [-0.2, 0) is 9.59 Å². The summed E-state index contributed by atoms with van der Waals surface area (Å²) in [6.45, 7) is 7.33. The first-order valence-electron chi connectivity index (χ1n) is 11.3. The van der Waals surface area contributed by atoms with Crippen LogP contribution < -0.4 is 15.8 Å². The Bertz CT molecular complexity index is 1010. The lowest BCUT2D eigenvalue weighted by Gasteiger charge is -2.41. The third kappa shape index (κ3) is 7.56. The van der Waals surface area contributed by atoms with Gasteiger partial charge in [0, 0.05) is 11.6 Å². The number of nitrogens with two attached hydrogens (primary N) is 1. The van der Waals surface area contributed by atoms with E-state index in [1.165, 1.54) is 24.4 Å². The fourth-order valence-electron chi connectivity index (χ4n) is 3.58. The van der Waals surface area contributed by atoms with Crippen LogP contribution in [0.15, 0.2) is 36.5 Å². The van der Waals surface area contributed by atoms with Crippen LogP contribution in [0, 0.1) is 5.41 Å². The van der Waals surface area contributed by atoms with Gasteiger partial charge in [-0.25, -0.2) is 4.79 Å². The minimum absolute atomic E-state index is 0.0796. The van der Waals surface area contributed by atoms with E-state index in [0.29, 0.717) is 24.2 Å². The van der Waals surface area contributed by atoms with Gasteiger partial charge in [0.05, 0.1) is 12.2 Å². The number of ether oxygens (including phenoxy) is 1. The number of hydrogen-bond acceptors (Lipinski definition) is 6. The topological polar surface area (TPSA) is 168 Å². The van der Waals surface area contributed by atoms with E-state index in [4.69, 9.17) is 10.5 Å². The monoisotopic (exact) mass is 487 g/mol. The molecule has 1 aromatic carbocycles. The zero-order chi connectivity index (χ0) is 26.2. The van der Waals surface area contributed by atoms with Crippen molar-refractivity contribution in [1.29, 1.82) is 0 Å². The molecule has 3 amide bonds. The van der Waals surface area contributed by atoms with Crippen LogP contribution in [0.5, 0.6) is 5.75 Å². The Morgan fingerprint density at radius 3 is 2.31 bits per heavy atom. The van der Waals surface area contributed by atoms with Gasteiger partial charge in [-0.3, -0.25) is 24.4 Å². The van der Waals surface area contributed by atoms with Crippen molar-refractivity contribution in [2.24, 2.45) is 11.1 Å². The Kier molecular flexibility index (Phi) is 9.38. The van der Waals surface area contributed by atoms with Gasteiger partial charge in [-0.05, 0) is 36.1 Å². The quantitative estimate of drug-likeness (QED) is 0.334. The normalized spacial score (nSPS) is 12.9. The summed E-state index contributed by atoms with van der Waals surface area (Å²) in [5.41, 5.74) is 4.93. The number of carbonyl (C=O) groups excluding carboxylic acids is 3. The summed E-state index contributed by atoms with van der Waals surface area (Å²) in [5, 5.41) is 18.9. The molecule has 0 saturated carbocycles. The lowest BCUT2D eigenvalue weighted by molar-refractivity contribution is -0.139. The molecule has 0 bridgehead atoms. The number of aromatic nitrogens is 2. The molecular formula is C24H33N5O6. The Morgan fingerprint density at radius 1 is 1.17 bits per heavy atom. The van der Waals surface area contributed by atoms with E-state index < -0.39 is 41.2 Å². The standard InChI is InChI=1S/C24H33N5O6/c1-5-6-7-17(20(30)22(32)27-19-12-13-26-28-19)29(23(33)34)18(24(2,3)4)14-35-16-10-8-15(9-11-16)21(25)31/h8-13,17-18H,5-7,14H2,1-4H3,(H2,25,31)(H,33,34)(H2,26,27,28,32)/t17-,18+/m0/s1. The van der Waals surface area contributed by atoms with Crippen molar-refractivity contribution in [3.8, 4) is 5.75 Å². The molecular weight excluding hydrogens is 454 g/mol. The van der Waals surface area contributed by atoms with Gasteiger partial charge >= 0.3 is 6.09 Å². The highest BCUT2D eigenvalue weighted by molar-refractivity contribution is 6.42. The second-order valence-electron chi connectivity index (χ2n) is 9.22. The zero-order valence-corrected chi connectivity index (χ0v) is 20.4. The number of anilines is 1. The third-order valence-corrected chi connectivity index (χ3v) is 5.55. The molecule has 0 aliphatic carbocycles. The summed E-state index contributed by atoms with van der Waals surface area (Å²) in [7, 11) is 0. The van der Waals surface area contributed by atoms with Gasteiger partial charge in [0.1, 0.15) is 24.2 Å². The molecule has 0 saturated heterocycles. The number of carboxylic acid groups (broad SMARTS) is 1. The highest BCUT2D eigenvalue weighted by Crippen LogP contribution is 2.29. The zero-order valence-electron chi connectivity index (χ0n) is 20.4. The number of hydrogen-bond donors (Lipinski definition) is 4. The highest BCUT2D eigenvalue weighted by Gasteiger charge is 2.42. The molecule has 11 nitrogen and oxygen atoms in total. The minimum Gasteiger partial charge on any atom is -0.491 e. The van der Waals surface area contributed by atoms with Crippen molar-refractivity contribution < 1.29 is 29.0 Å². The average Bonchev–Trinajstić information content (AvgIpc) is 3.30. The lowest BCUT2D eigenvalue weighted by Crippen LogP contribution is -2.58. The Labute approximate surface area is 204 Å². The van der Waals surface area contributed by atoms with Crippen LogP contribution in [-0.4, -0.2) is 62.6 Å². The molecule has 0 aliphatic heterocycles. The molecule has 190 valence electrons. The van der Waals surface area contributed by atoms with Crippen LogP contribution in [0.2, 0.25) is 0 Å². The SMILES string of the molecule is CCCC[C@@H](C(=O)C(=O)Nc1ccn[nH]1)N(C(=O)O)[C@H](COc1ccc(C(N)=O)cc1)C(C)(C)C. The van der Waals surface area contributed by atoms with Crippen LogP contribution in [0.4, 0.5) is 10.6 Å². The maximum absolute atomic E-state index is 13.2. The Hall–Kier alpha value is -3.89. The van der Waals surface area contributed by atoms with E-state index in [-0.39, 0.29) is 18.8 Å². The van der Waals surface area contributed by atoms with Crippen LogP contribution in [0.25, 0.3) is 0 Å². The average molecular weight is 488 g/mol. The van der Waals surface area contributed by atoms with E-state index >= 15 is 0 Å². The fourth-order valence-corrected chi connectivity index (χ4v) is 3.58. The summed E-state index contributed by atoms with van der Waals surface area (Å²) in [5.74, 6) is -1.74. The smallest absolute Gasteiger partial charge is 0.408 e. The molecule has 0 radical (unpaired) electrons. The number of primary amides is 1. The number of H-pyrrole nitrogens is 1. The molecule has 0 fully saturated rings. The van der Waals surface area contributed by atoms with Gasteiger partial charge < -0.3 is 20.9 Å². The molecule has 35 heavy (non-hydrogen) atoms. The number of nitrogens with one attached hydrogen (secondary N) is 2. The van der Waals surface area contributed by atoms with E-state index in [2.05, 4.69) is 15.5 Å². The number of amides is 3. The molecule has 1 aromatic heterocycles. The van der Waals surface area contributed by atoms with Crippen LogP contribution >= 0.6 is 0 Å². The van der Waals surface area contributed by atoms with Gasteiger partial charge in [0.2, 0.25) is 11.7 Å². The maximum Gasteiger partial charge on any atom is 0.408 e. The third-order valence-electron chi connectivity index (χ3n) is 5.55. The Morgan fingerprint density at radius 2 is 1.83 bits per heavy atom. The highest BCUT2D eigenvalue weighted by atomic mass is 16.5. The van der Waals surface area contributed by atoms with Gasteiger partial charge in [-0.1, -0.05) is 40.5 Å². The van der Waals surface area contributed by atoms with Crippen LogP contribution in [0.3, 0.4) is 0 Å². The van der Waals surface area contributed by atoms with Crippen molar-refractivity contribution >= 4 is 29.5 Å². The number of carbonyl (C=O) groups is 4.